The van der Waals surface area contributed by atoms with Gasteiger partial charge in [-0.3, -0.25) is 29.0 Å². The van der Waals surface area contributed by atoms with Gasteiger partial charge in [-0.25, -0.2) is 0 Å². The van der Waals surface area contributed by atoms with Crippen LogP contribution in [0.3, 0.4) is 0 Å². The van der Waals surface area contributed by atoms with Gasteiger partial charge in [0.05, 0.1) is 49.4 Å². The maximum absolute atomic E-state index is 12.6. The number of halogens is 1. The van der Waals surface area contributed by atoms with Crippen molar-refractivity contribution in [3.63, 3.8) is 0 Å². The molecule has 0 aromatic heterocycles. The molecule has 228 valence electrons. The molecule has 0 spiro atoms. The van der Waals surface area contributed by atoms with E-state index in [9.17, 15) is 19.2 Å². The molecule has 2 aliphatic rings. The van der Waals surface area contributed by atoms with Crippen LogP contribution in [0.5, 0.6) is 0 Å². The predicted octanol–water partition coefficient (Wildman–Crippen LogP) is 3.10. The number of rotatable bonds is 16. The second-order valence-electron chi connectivity index (χ2n) is 13.1. The quantitative estimate of drug-likeness (QED) is 0.127. The van der Waals surface area contributed by atoms with Crippen molar-refractivity contribution in [2.24, 2.45) is 0 Å². The standard InChI is InChI=1S/C33H46N3O4Si.ClH/c1-36(2,23-14-20-34-30(37)26-16-8-9-17-27(26)31(34)38)22-12-6-5-7-13-24-41(3,4)25-15-21-35-32(39)28-18-10-11-19-29(28)33(35)40;/h8-11,16-19H,5-7,12-15,20-25H2,1-4H3;1H/q+1;/p-1. The number of benzene rings is 2. The normalized spacial score (nSPS) is 14.9. The molecular formula is C33H46ClN3O4Si. The van der Waals surface area contributed by atoms with Crippen molar-refractivity contribution in [3.05, 3.63) is 70.8 Å². The molecule has 4 amide bonds. The summed E-state index contributed by atoms with van der Waals surface area (Å²) < 4.78 is 0.899. The predicted molar refractivity (Wildman–Crippen MR) is 165 cm³/mol. The van der Waals surface area contributed by atoms with Gasteiger partial charge in [0.15, 0.2) is 0 Å². The Hall–Kier alpha value is -2.81. The Balaban J connectivity index is 0.00000484. The Morgan fingerprint density at radius 2 is 0.905 bits per heavy atom. The molecule has 7 nitrogen and oxygen atoms in total. The number of fused-ring (bicyclic) bond motifs is 2. The summed E-state index contributed by atoms with van der Waals surface area (Å²) in [6, 6.07) is 16.6. The van der Waals surface area contributed by atoms with E-state index < -0.39 is 8.07 Å². The molecule has 2 aromatic carbocycles. The Kier molecular flexibility index (Phi) is 11.7. The highest BCUT2D eigenvalue weighted by molar-refractivity contribution is 6.77. The number of quaternary nitrogens is 1. The summed E-state index contributed by atoms with van der Waals surface area (Å²) in [5.41, 5.74) is 2.13. The Labute approximate surface area is 258 Å². The van der Waals surface area contributed by atoms with E-state index in [1.54, 1.807) is 36.4 Å². The minimum Gasteiger partial charge on any atom is -1.00 e. The lowest BCUT2D eigenvalue weighted by molar-refractivity contribution is -0.890. The highest BCUT2D eigenvalue weighted by Crippen LogP contribution is 2.26. The van der Waals surface area contributed by atoms with E-state index in [1.807, 2.05) is 12.1 Å². The Bertz CT molecular complexity index is 1130. The van der Waals surface area contributed by atoms with Crippen LogP contribution in [-0.2, 0) is 0 Å². The number of nitrogens with zero attached hydrogens (tertiary/aromatic N) is 3. The number of hydrogen-bond donors (Lipinski definition) is 0. The van der Waals surface area contributed by atoms with Gasteiger partial charge >= 0.3 is 0 Å². The molecule has 0 N–H and O–H groups in total. The zero-order chi connectivity index (χ0) is 29.6. The summed E-state index contributed by atoms with van der Waals surface area (Å²) >= 11 is 0. The zero-order valence-electron chi connectivity index (χ0n) is 25.7. The molecule has 0 saturated carbocycles. The van der Waals surface area contributed by atoms with E-state index in [0.29, 0.717) is 35.3 Å². The van der Waals surface area contributed by atoms with Crippen molar-refractivity contribution in [1.29, 1.82) is 0 Å². The second kappa shape index (κ2) is 14.6. The summed E-state index contributed by atoms with van der Waals surface area (Å²) in [7, 11) is 3.11. The maximum atomic E-state index is 12.6. The summed E-state index contributed by atoms with van der Waals surface area (Å²) in [6.45, 7) is 7.89. The fourth-order valence-corrected chi connectivity index (χ4v) is 8.74. The number of carbonyl (C=O) groups is 4. The first-order valence-electron chi connectivity index (χ1n) is 15.2. The van der Waals surface area contributed by atoms with Crippen molar-refractivity contribution in [2.75, 3.05) is 40.3 Å². The molecular weight excluding hydrogens is 566 g/mol. The summed E-state index contributed by atoms with van der Waals surface area (Å²) in [6.07, 6.45) is 7.86. The van der Waals surface area contributed by atoms with Crippen LogP contribution < -0.4 is 12.4 Å². The molecule has 42 heavy (non-hydrogen) atoms. The molecule has 9 heteroatoms. The number of hydrogen-bond acceptors (Lipinski definition) is 4. The number of unbranched alkanes of at least 4 members (excludes halogenated alkanes) is 4. The van der Waals surface area contributed by atoms with Crippen molar-refractivity contribution in [3.8, 4) is 0 Å². The molecule has 0 radical (unpaired) electrons. The molecule has 0 unspecified atom stereocenters. The first-order valence-corrected chi connectivity index (χ1v) is 18.6. The first-order chi connectivity index (χ1) is 19.5. The SMILES string of the molecule is C[N+](C)(CCCCCCC[Si](C)(C)CCCN1C(=O)c2ccccc2C1=O)CCCN1C(=O)c2ccccc2C1=O.[Cl-]. The third kappa shape index (κ3) is 8.17. The van der Waals surface area contributed by atoms with Crippen molar-refractivity contribution in [1.82, 2.24) is 9.80 Å². The Morgan fingerprint density at radius 3 is 1.38 bits per heavy atom. The van der Waals surface area contributed by atoms with Crippen LogP contribution in [0.25, 0.3) is 0 Å². The van der Waals surface area contributed by atoms with Crippen LogP contribution in [0.15, 0.2) is 48.5 Å². The van der Waals surface area contributed by atoms with Gasteiger partial charge in [0.2, 0.25) is 0 Å². The lowest BCUT2D eigenvalue weighted by Gasteiger charge is -2.30. The highest BCUT2D eigenvalue weighted by atomic mass is 35.5. The van der Waals surface area contributed by atoms with Gasteiger partial charge in [0.25, 0.3) is 23.6 Å². The fraction of sp³-hybridized carbons (Fsp3) is 0.515. The van der Waals surface area contributed by atoms with Crippen LogP contribution in [0.1, 0.15) is 86.4 Å². The maximum Gasteiger partial charge on any atom is 0.261 e. The molecule has 0 saturated heterocycles. The molecule has 0 fully saturated rings. The van der Waals surface area contributed by atoms with E-state index in [1.165, 1.54) is 47.9 Å². The zero-order valence-corrected chi connectivity index (χ0v) is 27.4. The van der Waals surface area contributed by atoms with E-state index in [-0.39, 0.29) is 36.0 Å². The van der Waals surface area contributed by atoms with E-state index in [4.69, 9.17) is 0 Å². The van der Waals surface area contributed by atoms with Crippen LogP contribution in [-0.4, -0.2) is 86.3 Å². The Morgan fingerprint density at radius 1 is 0.548 bits per heavy atom. The van der Waals surface area contributed by atoms with Crippen LogP contribution in [0, 0.1) is 0 Å². The molecule has 0 aliphatic carbocycles. The molecule has 2 heterocycles. The average molecular weight is 612 g/mol. The molecule has 0 bridgehead atoms. The average Bonchev–Trinajstić information content (AvgIpc) is 3.33. The number of carbonyl (C=O) groups excluding carboxylic acids is 4. The van der Waals surface area contributed by atoms with Crippen LogP contribution in [0.2, 0.25) is 25.2 Å². The number of amides is 4. The second-order valence-corrected chi connectivity index (χ2v) is 18.5. The van der Waals surface area contributed by atoms with E-state index in [0.717, 1.165) is 36.5 Å². The molecule has 0 atom stereocenters. The molecule has 4 rings (SSSR count). The lowest BCUT2D eigenvalue weighted by atomic mass is 10.1. The van der Waals surface area contributed by atoms with E-state index in [2.05, 4.69) is 27.2 Å². The summed E-state index contributed by atoms with van der Waals surface area (Å²) in [5.74, 6) is -0.612. The minimum atomic E-state index is -1.36. The van der Waals surface area contributed by atoms with Gasteiger partial charge in [-0.2, -0.15) is 0 Å². The van der Waals surface area contributed by atoms with Crippen molar-refractivity contribution < 1.29 is 36.1 Å². The highest BCUT2D eigenvalue weighted by Gasteiger charge is 2.36. The van der Waals surface area contributed by atoms with E-state index >= 15 is 0 Å². The van der Waals surface area contributed by atoms with Gasteiger partial charge in [0, 0.05) is 27.6 Å². The minimum absolute atomic E-state index is 0. The third-order valence-corrected chi connectivity index (χ3v) is 12.2. The summed E-state index contributed by atoms with van der Waals surface area (Å²) in [5, 5.41) is 0. The first kappa shape index (κ1) is 33.7. The smallest absolute Gasteiger partial charge is 0.261 e. The van der Waals surface area contributed by atoms with Gasteiger partial charge in [-0.05, 0) is 43.5 Å². The van der Waals surface area contributed by atoms with Crippen molar-refractivity contribution >= 4 is 31.7 Å². The summed E-state index contributed by atoms with van der Waals surface area (Å²) in [4.78, 5) is 53.1. The van der Waals surface area contributed by atoms with Crippen LogP contribution in [0.4, 0.5) is 0 Å². The van der Waals surface area contributed by atoms with Crippen molar-refractivity contribution in [2.45, 2.75) is 70.1 Å². The lowest BCUT2D eigenvalue weighted by Crippen LogP contribution is -3.00. The van der Waals surface area contributed by atoms with Gasteiger partial charge < -0.3 is 16.9 Å². The van der Waals surface area contributed by atoms with Gasteiger partial charge in [-0.1, -0.05) is 68.7 Å². The topological polar surface area (TPSA) is 74.8 Å². The molecule has 2 aromatic rings. The number of imide groups is 2. The largest absolute Gasteiger partial charge is 1.00 e. The van der Waals surface area contributed by atoms with Crippen LogP contribution >= 0.6 is 0 Å². The monoisotopic (exact) mass is 611 g/mol. The fourth-order valence-electron chi connectivity index (χ4n) is 6.17. The van der Waals surface area contributed by atoms with Gasteiger partial charge in [0.1, 0.15) is 0 Å². The molecule has 2 aliphatic heterocycles. The third-order valence-electron chi connectivity index (χ3n) is 8.75. The van der Waals surface area contributed by atoms with Gasteiger partial charge in [-0.15, -0.1) is 0 Å².